The summed E-state index contributed by atoms with van der Waals surface area (Å²) in [5, 5.41) is 0. The second kappa shape index (κ2) is 10.1. The molecule has 0 amide bonds. The van der Waals surface area contributed by atoms with Gasteiger partial charge in [-0.3, -0.25) is 4.74 Å². The van der Waals surface area contributed by atoms with Gasteiger partial charge in [0, 0.05) is 0 Å². The second-order valence-corrected chi connectivity index (χ2v) is 7.90. The summed E-state index contributed by atoms with van der Waals surface area (Å²) in [6, 6.07) is 13.3. The van der Waals surface area contributed by atoms with E-state index in [1.807, 2.05) is 12.1 Å². The number of rotatable bonds is 7. The molecule has 162 valence electrons. The van der Waals surface area contributed by atoms with Crippen molar-refractivity contribution in [1.82, 2.24) is 0 Å². The van der Waals surface area contributed by atoms with E-state index in [-0.39, 0.29) is 5.75 Å². The van der Waals surface area contributed by atoms with Crippen LogP contribution in [0.4, 0.5) is 13.2 Å². The predicted molar refractivity (Wildman–Crippen MR) is 108 cm³/mol. The van der Waals surface area contributed by atoms with Crippen LogP contribution in [0.3, 0.4) is 0 Å². The fourth-order valence-corrected chi connectivity index (χ4v) is 4.07. The van der Waals surface area contributed by atoms with Crippen LogP contribution in [-0.4, -0.2) is 12.3 Å². The van der Waals surface area contributed by atoms with Crippen LogP contribution in [0.5, 0.6) is 5.75 Å². The molecular weight excluding hydrogens is 393 g/mol. The van der Waals surface area contributed by atoms with Crippen LogP contribution in [0.2, 0.25) is 0 Å². The van der Waals surface area contributed by atoms with Crippen LogP contribution < -0.4 is 4.74 Å². The molecule has 0 heterocycles. The molecule has 2 aromatic rings. The van der Waals surface area contributed by atoms with E-state index >= 15 is 0 Å². The number of alkyl halides is 3. The highest BCUT2D eigenvalue weighted by molar-refractivity contribution is 5.91. The van der Waals surface area contributed by atoms with Gasteiger partial charge in [0.05, 0.1) is 12.2 Å². The number of carbonyl (C=O) groups excluding carboxylic acids is 1. The quantitative estimate of drug-likeness (QED) is 0.357. The molecule has 0 unspecified atom stereocenters. The van der Waals surface area contributed by atoms with Crippen molar-refractivity contribution in [1.29, 1.82) is 0 Å². The number of esters is 1. The van der Waals surface area contributed by atoms with Crippen LogP contribution >= 0.6 is 0 Å². The Morgan fingerprint density at radius 1 is 0.967 bits per heavy atom. The summed E-state index contributed by atoms with van der Waals surface area (Å²) in [5.74, 6) is 1.18. The fourth-order valence-electron chi connectivity index (χ4n) is 4.07. The van der Waals surface area contributed by atoms with Gasteiger partial charge >= 0.3 is 12.3 Å². The summed E-state index contributed by atoms with van der Waals surface area (Å²) in [6.07, 6.45) is 2.81. The first-order chi connectivity index (χ1) is 14.3. The zero-order chi connectivity index (χ0) is 21.6. The standard InChI is InChI=1S/C24H27F3O3/c1-2-3-17-4-8-19(9-5-17)20-10-12-21(13-11-20)23(28)30-22-14-6-18(7-15-22)16-29-24(25,26)27/h6-7,10-15,17,19H,2-5,8-9,16H2,1H3. The second-order valence-electron chi connectivity index (χ2n) is 7.90. The number of ether oxygens (including phenoxy) is 2. The maximum Gasteiger partial charge on any atom is 0.522 e. The van der Waals surface area contributed by atoms with E-state index in [1.165, 1.54) is 68.4 Å². The van der Waals surface area contributed by atoms with E-state index in [2.05, 4.69) is 11.7 Å². The number of carbonyl (C=O) groups is 1. The van der Waals surface area contributed by atoms with Crippen LogP contribution in [0.15, 0.2) is 48.5 Å². The van der Waals surface area contributed by atoms with Crippen molar-refractivity contribution in [2.75, 3.05) is 0 Å². The molecule has 0 aliphatic heterocycles. The Bertz CT molecular complexity index is 805. The molecule has 30 heavy (non-hydrogen) atoms. The highest BCUT2D eigenvalue weighted by Gasteiger charge is 2.28. The van der Waals surface area contributed by atoms with Crippen molar-refractivity contribution in [3.8, 4) is 5.75 Å². The summed E-state index contributed by atoms with van der Waals surface area (Å²) in [6.45, 7) is 1.65. The minimum Gasteiger partial charge on any atom is -0.423 e. The highest BCUT2D eigenvalue weighted by Crippen LogP contribution is 2.37. The summed E-state index contributed by atoms with van der Waals surface area (Å²) in [5.41, 5.74) is 2.04. The molecule has 1 saturated carbocycles. The third-order valence-electron chi connectivity index (χ3n) is 5.70. The summed E-state index contributed by atoms with van der Waals surface area (Å²) < 4.78 is 45.4. The van der Waals surface area contributed by atoms with Gasteiger partial charge in [-0.15, -0.1) is 13.2 Å². The lowest BCUT2D eigenvalue weighted by molar-refractivity contribution is -0.330. The van der Waals surface area contributed by atoms with E-state index < -0.39 is 18.9 Å². The minimum atomic E-state index is -4.67. The van der Waals surface area contributed by atoms with Gasteiger partial charge in [-0.05, 0) is 72.9 Å². The van der Waals surface area contributed by atoms with Gasteiger partial charge in [-0.2, -0.15) is 0 Å². The molecule has 6 heteroatoms. The first kappa shape index (κ1) is 22.3. The molecule has 3 nitrogen and oxygen atoms in total. The third-order valence-corrected chi connectivity index (χ3v) is 5.70. The maximum absolute atomic E-state index is 12.4. The Hall–Kier alpha value is -2.34. The van der Waals surface area contributed by atoms with Crippen molar-refractivity contribution < 1.29 is 27.4 Å². The van der Waals surface area contributed by atoms with Crippen LogP contribution in [0.25, 0.3) is 0 Å². The molecule has 1 fully saturated rings. The Balaban J connectivity index is 1.52. The van der Waals surface area contributed by atoms with Crippen LogP contribution in [-0.2, 0) is 11.3 Å². The average molecular weight is 420 g/mol. The summed E-state index contributed by atoms with van der Waals surface area (Å²) in [7, 11) is 0. The van der Waals surface area contributed by atoms with Crippen molar-refractivity contribution in [3.63, 3.8) is 0 Å². The topological polar surface area (TPSA) is 35.5 Å². The Morgan fingerprint density at radius 2 is 1.60 bits per heavy atom. The van der Waals surface area contributed by atoms with Gasteiger partial charge in [-0.25, -0.2) is 4.79 Å². The summed E-state index contributed by atoms with van der Waals surface area (Å²) >= 11 is 0. The van der Waals surface area contributed by atoms with Crippen molar-refractivity contribution >= 4 is 5.97 Å². The number of benzene rings is 2. The molecular formula is C24H27F3O3. The zero-order valence-corrected chi connectivity index (χ0v) is 17.1. The highest BCUT2D eigenvalue weighted by atomic mass is 19.4. The maximum atomic E-state index is 12.4. The largest absolute Gasteiger partial charge is 0.522 e. The first-order valence-electron chi connectivity index (χ1n) is 10.5. The Morgan fingerprint density at radius 3 is 2.17 bits per heavy atom. The average Bonchev–Trinajstić information content (AvgIpc) is 2.74. The van der Waals surface area contributed by atoms with Crippen molar-refractivity contribution in [2.24, 2.45) is 5.92 Å². The van der Waals surface area contributed by atoms with E-state index in [4.69, 9.17) is 4.74 Å². The van der Waals surface area contributed by atoms with E-state index in [0.29, 0.717) is 17.0 Å². The molecule has 0 atom stereocenters. The smallest absolute Gasteiger partial charge is 0.423 e. The number of halogens is 3. The van der Waals surface area contributed by atoms with Crippen LogP contribution in [0.1, 0.15) is 72.9 Å². The van der Waals surface area contributed by atoms with Gasteiger partial charge in [-0.1, -0.05) is 44.0 Å². The lowest BCUT2D eigenvalue weighted by Crippen LogP contribution is -2.14. The van der Waals surface area contributed by atoms with E-state index in [1.54, 1.807) is 12.1 Å². The molecule has 3 rings (SSSR count). The van der Waals surface area contributed by atoms with Crippen molar-refractivity contribution in [3.05, 3.63) is 65.2 Å². The minimum absolute atomic E-state index is 0.272. The van der Waals surface area contributed by atoms with Crippen molar-refractivity contribution in [2.45, 2.75) is 64.3 Å². The molecule has 0 aromatic heterocycles. The first-order valence-corrected chi connectivity index (χ1v) is 10.5. The Labute approximate surface area is 175 Å². The molecule has 0 N–H and O–H groups in total. The fraction of sp³-hybridized carbons (Fsp3) is 0.458. The molecule has 0 spiro atoms. The van der Waals surface area contributed by atoms with Gasteiger partial charge in [0.15, 0.2) is 0 Å². The molecule has 0 saturated heterocycles. The van der Waals surface area contributed by atoms with Gasteiger partial charge in [0.2, 0.25) is 0 Å². The van der Waals surface area contributed by atoms with Gasteiger partial charge in [0.25, 0.3) is 0 Å². The molecule has 1 aliphatic carbocycles. The SMILES string of the molecule is CCCC1CCC(c2ccc(C(=O)Oc3ccc(COC(F)(F)F)cc3)cc2)CC1. The lowest BCUT2D eigenvalue weighted by atomic mass is 9.77. The predicted octanol–water partition coefficient (Wildman–Crippen LogP) is 7.02. The number of hydrogen-bond acceptors (Lipinski definition) is 3. The Kier molecular flexibility index (Phi) is 7.53. The lowest BCUT2D eigenvalue weighted by Gasteiger charge is -2.28. The molecule has 1 aliphatic rings. The third kappa shape index (κ3) is 6.59. The monoisotopic (exact) mass is 420 g/mol. The van der Waals surface area contributed by atoms with E-state index in [9.17, 15) is 18.0 Å². The van der Waals surface area contributed by atoms with Gasteiger partial charge < -0.3 is 4.74 Å². The number of hydrogen-bond donors (Lipinski definition) is 0. The summed E-state index contributed by atoms with van der Waals surface area (Å²) in [4.78, 5) is 12.4. The van der Waals surface area contributed by atoms with Crippen LogP contribution in [0, 0.1) is 5.92 Å². The normalized spacial score (nSPS) is 19.5. The van der Waals surface area contributed by atoms with E-state index in [0.717, 1.165) is 5.92 Å². The molecule has 0 radical (unpaired) electrons. The molecule has 2 aromatic carbocycles. The molecule has 0 bridgehead atoms. The zero-order valence-electron chi connectivity index (χ0n) is 17.1. The van der Waals surface area contributed by atoms with Gasteiger partial charge in [0.1, 0.15) is 5.75 Å².